The van der Waals surface area contributed by atoms with E-state index in [0.717, 1.165) is 11.1 Å². The molecule has 0 amide bonds. The van der Waals surface area contributed by atoms with E-state index in [1.165, 1.54) is 22.4 Å². The SMILES string of the molecule is CC(C)(O)C(F)(F)F.CC(C)c1cccc(C(C)C)c1O.CC(C)c1cccc(C(C)C)c1[N]=[Mo]=[CH]C(C)(C)c1ccccc1. The first-order chi connectivity index (χ1) is 20.6. The fraction of sp³-hybridized carbons (Fsp3) is 0.500. The van der Waals surface area contributed by atoms with Gasteiger partial charge in [-0.15, -0.1) is 0 Å². The van der Waals surface area contributed by atoms with Crippen LogP contribution in [0, 0.1) is 0 Å². The summed E-state index contributed by atoms with van der Waals surface area (Å²) in [6, 6.07) is 23.4. The molecule has 45 heavy (non-hydrogen) atoms. The van der Waals surface area contributed by atoms with Gasteiger partial charge in [0, 0.05) is 0 Å². The van der Waals surface area contributed by atoms with Crippen LogP contribution < -0.4 is 0 Å². The van der Waals surface area contributed by atoms with Gasteiger partial charge in [-0.05, 0) is 36.8 Å². The standard InChI is InChI=1S/C12H17N.C12H18O.C10H12.C4H7F3O.Mo/c2*1-8(2)10-6-5-7-11(9(3)4)12(10)13;1-10(2,3)9-7-5-4-6-8-9;1-3(2,8)4(5,6)7;/h5-9H,1-4H3;5-9,13H,1-4H3;1,4-8H,2-3H3;8H,1-2H3;. The van der Waals surface area contributed by atoms with Gasteiger partial charge in [0.25, 0.3) is 0 Å². The Morgan fingerprint density at radius 3 is 1.31 bits per heavy atom. The molecule has 3 aromatic carbocycles. The predicted octanol–water partition coefficient (Wildman–Crippen LogP) is 11.6. The van der Waals surface area contributed by atoms with Gasteiger partial charge in [-0.3, -0.25) is 0 Å². The number of alkyl halides is 3. The summed E-state index contributed by atoms with van der Waals surface area (Å²) in [5.41, 5.74) is 5.01. The molecule has 0 bridgehead atoms. The van der Waals surface area contributed by atoms with Gasteiger partial charge in [0.2, 0.25) is 0 Å². The molecular formula is C38H54F3MoNO2. The summed E-state index contributed by atoms with van der Waals surface area (Å²) in [5, 5.41) is 18.2. The summed E-state index contributed by atoms with van der Waals surface area (Å²) < 4.78 is 41.5. The molecule has 0 fully saturated rings. The average Bonchev–Trinajstić information content (AvgIpc) is 2.92. The molecule has 250 valence electrons. The van der Waals surface area contributed by atoms with Crippen LogP contribution in [0.2, 0.25) is 0 Å². The third-order valence-electron chi connectivity index (χ3n) is 7.39. The van der Waals surface area contributed by atoms with E-state index in [4.69, 9.17) is 8.60 Å². The molecule has 0 radical (unpaired) electrons. The van der Waals surface area contributed by atoms with E-state index < -0.39 is 29.7 Å². The van der Waals surface area contributed by atoms with Crippen LogP contribution in [-0.2, 0) is 23.3 Å². The number of halogens is 3. The molecule has 0 aliphatic carbocycles. The Balaban J connectivity index is 0.000000402. The minimum atomic E-state index is -4.51. The number of hydrogen-bond donors (Lipinski definition) is 2. The van der Waals surface area contributed by atoms with Gasteiger partial charge in [0.1, 0.15) is 5.75 Å². The maximum atomic E-state index is 11.3. The van der Waals surface area contributed by atoms with Crippen LogP contribution in [0.3, 0.4) is 0 Å². The molecule has 0 aliphatic heterocycles. The van der Waals surface area contributed by atoms with Crippen molar-refractivity contribution in [3.05, 3.63) is 94.5 Å². The van der Waals surface area contributed by atoms with Gasteiger partial charge < -0.3 is 10.2 Å². The molecule has 0 atom stereocenters. The molecule has 3 rings (SSSR count). The monoisotopic (exact) mass is 711 g/mol. The molecule has 0 saturated carbocycles. The molecule has 0 heterocycles. The van der Waals surface area contributed by atoms with Gasteiger partial charge in [0.15, 0.2) is 5.60 Å². The second-order valence-electron chi connectivity index (χ2n) is 13.6. The fourth-order valence-electron chi connectivity index (χ4n) is 4.28. The van der Waals surface area contributed by atoms with Gasteiger partial charge >= 0.3 is 162 Å². The van der Waals surface area contributed by atoms with Crippen LogP contribution in [0.5, 0.6) is 5.75 Å². The molecule has 7 heteroatoms. The average molecular weight is 710 g/mol. The number of rotatable bonds is 7. The Hall–Kier alpha value is -2.43. The Labute approximate surface area is 278 Å². The molecule has 0 saturated heterocycles. The van der Waals surface area contributed by atoms with Crippen molar-refractivity contribution in [3.63, 3.8) is 0 Å². The summed E-state index contributed by atoms with van der Waals surface area (Å²) >= 11 is -0.553. The molecule has 2 N–H and O–H groups in total. The Kier molecular flexibility index (Phi) is 15.8. The van der Waals surface area contributed by atoms with E-state index >= 15 is 0 Å². The van der Waals surface area contributed by atoms with E-state index in [1.54, 1.807) is 0 Å². The van der Waals surface area contributed by atoms with Crippen molar-refractivity contribution < 1.29 is 41.3 Å². The molecule has 0 unspecified atom stereocenters. The van der Waals surface area contributed by atoms with Crippen molar-refractivity contribution in [1.82, 2.24) is 0 Å². The molecule has 0 aromatic heterocycles. The normalized spacial score (nSPS) is 12.0. The zero-order valence-corrected chi connectivity index (χ0v) is 31.1. The van der Waals surface area contributed by atoms with Crippen LogP contribution in [-0.4, -0.2) is 26.4 Å². The number of benzene rings is 3. The first-order valence-corrected chi connectivity index (χ1v) is 17.7. The van der Waals surface area contributed by atoms with Gasteiger partial charge in [0.05, 0.1) is 0 Å². The van der Waals surface area contributed by atoms with Crippen LogP contribution in [0.25, 0.3) is 0 Å². The second kappa shape index (κ2) is 17.5. The first-order valence-electron chi connectivity index (χ1n) is 15.6. The fourth-order valence-corrected chi connectivity index (χ4v) is 6.16. The number of phenols is 1. The van der Waals surface area contributed by atoms with Crippen LogP contribution in [0.4, 0.5) is 18.9 Å². The topological polar surface area (TPSA) is 52.8 Å². The third-order valence-corrected chi connectivity index (χ3v) is 9.80. The van der Waals surface area contributed by atoms with Crippen molar-refractivity contribution in [2.45, 2.75) is 124 Å². The third kappa shape index (κ3) is 12.7. The van der Waals surface area contributed by atoms with E-state index in [-0.39, 0.29) is 5.41 Å². The van der Waals surface area contributed by atoms with Crippen molar-refractivity contribution >= 4 is 10.1 Å². The van der Waals surface area contributed by atoms with E-state index in [1.807, 2.05) is 18.2 Å². The number of aliphatic hydroxyl groups is 1. The van der Waals surface area contributed by atoms with Crippen molar-refractivity contribution in [2.24, 2.45) is 3.50 Å². The first kappa shape index (κ1) is 40.6. The number of aromatic hydroxyl groups is 1. The van der Waals surface area contributed by atoms with Crippen molar-refractivity contribution in [3.8, 4) is 5.75 Å². The Bertz CT molecular complexity index is 1330. The zero-order valence-electron chi connectivity index (χ0n) is 29.1. The predicted molar refractivity (Wildman–Crippen MR) is 181 cm³/mol. The summed E-state index contributed by atoms with van der Waals surface area (Å²) in [6.45, 7) is 23.4. The van der Waals surface area contributed by atoms with Gasteiger partial charge in [-0.2, -0.15) is 13.2 Å². The minimum absolute atomic E-state index is 0.0811. The van der Waals surface area contributed by atoms with Crippen molar-refractivity contribution in [2.75, 3.05) is 0 Å². The van der Waals surface area contributed by atoms with Crippen LogP contribution in [0.15, 0.2) is 70.2 Å². The quantitative estimate of drug-likeness (QED) is 0.240. The summed E-state index contributed by atoms with van der Waals surface area (Å²) in [5.74, 6) is 2.28. The van der Waals surface area contributed by atoms with Gasteiger partial charge in [-0.1, -0.05) is 45.9 Å². The number of para-hydroxylation sites is 1. The molecule has 0 aliphatic rings. The van der Waals surface area contributed by atoms with Crippen LogP contribution in [0.1, 0.15) is 135 Å². The zero-order chi connectivity index (χ0) is 34.8. The maximum absolute atomic E-state index is 11.3. The number of phenolic OH excluding ortho intramolecular Hbond substituents is 1. The van der Waals surface area contributed by atoms with Gasteiger partial charge in [-0.25, -0.2) is 0 Å². The summed E-state index contributed by atoms with van der Waals surface area (Å²) in [4.78, 5) is 0. The number of nitrogens with zero attached hydrogens (tertiary/aromatic N) is 1. The Morgan fingerprint density at radius 1 is 0.622 bits per heavy atom. The van der Waals surface area contributed by atoms with E-state index in [9.17, 15) is 18.3 Å². The van der Waals surface area contributed by atoms with Crippen molar-refractivity contribution in [1.29, 1.82) is 0 Å². The molecular weight excluding hydrogens is 655 g/mol. The van der Waals surface area contributed by atoms with Crippen LogP contribution >= 0.6 is 0 Å². The number of hydrogen-bond acceptors (Lipinski definition) is 3. The summed E-state index contributed by atoms with van der Waals surface area (Å²) in [7, 11) is 0. The van der Waals surface area contributed by atoms with E-state index in [0.29, 0.717) is 43.3 Å². The molecule has 3 aromatic rings. The molecule has 0 spiro atoms. The summed E-state index contributed by atoms with van der Waals surface area (Å²) in [6.07, 6.45) is -4.51. The van der Waals surface area contributed by atoms with E-state index in [2.05, 4.69) is 122 Å². The Morgan fingerprint density at radius 2 is 0.978 bits per heavy atom. The molecule has 3 nitrogen and oxygen atoms in total. The second-order valence-corrected chi connectivity index (χ2v) is 15.2.